The van der Waals surface area contributed by atoms with Gasteiger partial charge >= 0.3 is 5.97 Å². The van der Waals surface area contributed by atoms with Crippen LogP contribution < -0.4 is 5.32 Å². The van der Waals surface area contributed by atoms with Crippen LogP contribution in [0, 0.1) is 0 Å². The summed E-state index contributed by atoms with van der Waals surface area (Å²) < 4.78 is 0. The largest absolute Gasteiger partial charge is 0.481 e. The molecule has 15 heavy (non-hydrogen) atoms. The molecule has 3 N–H and O–H groups in total. The predicted molar refractivity (Wildman–Crippen MR) is 55.4 cm³/mol. The number of unbranched alkanes of at least 4 members (excludes halogenated alkanes) is 2. The average Bonchev–Trinajstić information content (AvgIpc) is 2.19. The highest BCUT2D eigenvalue weighted by atomic mass is 16.4. The maximum atomic E-state index is 11.0. The first-order valence-corrected chi connectivity index (χ1v) is 5.26. The van der Waals surface area contributed by atoms with Crippen LogP contribution in [0.2, 0.25) is 0 Å². The summed E-state index contributed by atoms with van der Waals surface area (Å²) in [5, 5.41) is 19.5. The highest BCUT2D eigenvalue weighted by Crippen LogP contribution is 1.98. The van der Waals surface area contributed by atoms with E-state index in [1.165, 1.54) is 0 Å². The zero-order valence-corrected chi connectivity index (χ0v) is 8.87. The van der Waals surface area contributed by atoms with Gasteiger partial charge in [-0.05, 0) is 19.3 Å². The normalized spacial score (nSPS) is 9.93. The summed E-state index contributed by atoms with van der Waals surface area (Å²) >= 11 is 0. The van der Waals surface area contributed by atoms with Gasteiger partial charge in [0.15, 0.2) is 0 Å². The van der Waals surface area contributed by atoms with Gasteiger partial charge in [0.25, 0.3) is 0 Å². The molecular formula is C10H19NO4. The lowest BCUT2D eigenvalue weighted by molar-refractivity contribution is -0.137. The fourth-order valence-electron chi connectivity index (χ4n) is 1.13. The lowest BCUT2D eigenvalue weighted by atomic mass is 10.2. The first-order chi connectivity index (χ1) is 7.16. The number of carbonyl (C=O) groups excluding carboxylic acids is 1. The van der Waals surface area contributed by atoms with E-state index in [1.807, 2.05) is 0 Å². The van der Waals surface area contributed by atoms with Crippen molar-refractivity contribution in [2.45, 2.75) is 38.5 Å². The Labute approximate surface area is 89.5 Å². The Morgan fingerprint density at radius 2 is 1.73 bits per heavy atom. The lowest BCUT2D eigenvalue weighted by Crippen LogP contribution is -2.24. The van der Waals surface area contributed by atoms with Gasteiger partial charge < -0.3 is 15.5 Å². The molecule has 5 heteroatoms. The Morgan fingerprint density at radius 1 is 1.00 bits per heavy atom. The second-order valence-corrected chi connectivity index (χ2v) is 3.38. The molecule has 0 aromatic heterocycles. The van der Waals surface area contributed by atoms with E-state index in [9.17, 15) is 9.59 Å². The third kappa shape index (κ3) is 10.8. The predicted octanol–water partition coefficient (Wildman–Crippen LogP) is 0.520. The van der Waals surface area contributed by atoms with E-state index >= 15 is 0 Å². The molecule has 0 rings (SSSR count). The fourth-order valence-corrected chi connectivity index (χ4v) is 1.13. The summed E-state index contributed by atoms with van der Waals surface area (Å²) in [5.74, 6) is -0.829. The summed E-state index contributed by atoms with van der Waals surface area (Å²) in [6, 6.07) is 0. The van der Waals surface area contributed by atoms with Crippen molar-refractivity contribution in [2.24, 2.45) is 0 Å². The lowest BCUT2D eigenvalue weighted by Gasteiger charge is -2.03. The minimum absolute atomic E-state index is 0.0338. The van der Waals surface area contributed by atoms with Gasteiger partial charge in [0.05, 0.1) is 0 Å². The third-order valence-corrected chi connectivity index (χ3v) is 1.95. The van der Waals surface area contributed by atoms with Crippen molar-refractivity contribution >= 4 is 11.9 Å². The molecule has 5 nitrogen and oxygen atoms in total. The van der Waals surface area contributed by atoms with E-state index in [-0.39, 0.29) is 18.9 Å². The number of aliphatic hydroxyl groups is 1. The second-order valence-electron chi connectivity index (χ2n) is 3.38. The van der Waals surface area contributed by atoms with Gasteiger partial charge in [-0.3, -0.25) is 9.59 Å². The van der Waals surface area contributed by atoms with E-state index in [4.69, 9.17) is 10.2 Å². The number of carbonyl (C=O) groups is 2. The first-order valence-electron chi connectivity index (χ1n) is 5.26. The van der Waals surface area contributed by atoms with Crippen molar-refractivity contribution < 1.29 is 19.8 Å². The number of hydrogen-bond acceptors (Lipinski definition) is 3. The molecule has 0 aliphatic carbocycles. The molecule has 0 radical (unpaired) electrons. The quantitative estimate of drug-likeness (QED) is 0.491. The van der Waals surface area contributed by atoms with Crippen LogP contribution in [0.1, 0.15) is 38.5 Å². The summed E-state index contributed by atoms with van der Waals surface area (Å²) in [5.41, 5.74) is 0. The second kappa shape index (κ2) is 9.45. The van der Waals surface area contributed by atoms with Gasteiger partial charge in [-0.2, -0.15) is 0 Å². The van der Waals surface area contributed by atoms with Crippen LogP contribution in [0.5, 0.6) is 0 Å². The molecule has 0 aliphatic heterocycles. The Bertz CT molecular complexity index is 194. The molecule has 0 heterocycles. The molecule has 0 bridgehead atoms. The van der Waals surface area contributed by atoms with Crippen molar-refractivity contribution in [3.05, 3.63) is 0 Å². The monoisotopic (exact) mass is 217 g/mol. The number of carboxylic acids is 1. The highest BCUT2D eigenvalue weighted by Gasteiger charge is 2.00. The molecule has 0 saturated heterocycles. The van der Waals surface area contributed by atoms with E-state index in [1.54, 1.807) is 0 Å². The number of carboxylic acid groups (broad SMARTS) is 1. The van der Waals surface area contributed by atoms with E-state index in [0.717, 1.165) is 12.8 Å². The van der Waals surface area contributed by atoms with E-state index in [2.05, 4.69) is 5.32 Å². The van der Waals surface area contributed by atoms with Crippen molar-refractivity contribution in [3.63, 3.8) is 0 Å². The van der Waals surface area contributed by atoms with Crippen LogP contribution >= 0.6 is 0 Å². The molecular weight excluding hydrogens is 198 g/mol. The molecule has 88 valence electrons. The zero-order valence-electron chi connectivity index (χ0n) is 8.87. The topological polar surface area (TPSA) is 86.6 Å². The van der Waals surface area contributed by atoms with E-state index in [0.29, 0.717) is 25.8 Å². The molecule has 0 aromatic rings. The van der Waals surface area contributed by atoms with Crippen LogP contribution in [0.25, 0.3) is 0 Å². The van der Waals surface area contributed by atoms with Crippen LogP contribution in [0.4, 0.5) is 0 Å². The average molecular weight is 217 g/mol. The number of aliphatic carboxylic acids is 1. The number of amides is 1. The van der Waals surface area contributed by atoms with Crippen molar-refractivity contribution in [1.82, 2.24) is 5.32 Å². The van der Waals surface area contributed by atoms with Gasteiger partial charge in [0.2, 0.25) is 5.91 Å². The van der Waals surface area contributed by atoms with Crippen molar-refractivity contribution in [3.8, 4) is 0 Å². The summed E-state index contributed by atoms with van der Waals surface area (Å²) in [7, 11) is 0. The van der Waals surface area contributed by atoms with Gasteiger partial charge in [-0.1, -0.05) is 6.42 Å². The van der Waals surface area contributed by atoms with Crippen LogP contribution in [0.3, 0.4) is 0 Å². The molecule has 0 aromatic carbocycles. The number of rotatable bonds is 9. The minimum Gasteiger partial charge on any atom is -0.481 e. The first kappa shape index (κ1) is 13.9. The summed E-state index contributed by atoms with van der Waals surface area (Å²) in [6.07, 6.45) is 3.31. The molecule has 0 saturated carbocycles. The molecule has 0 atom stereocenters. The smallest absolute Gasteiger partial charge is 0.303 e. The minimum atomic E-state index is -0.776. The fraction of sp³-hybridized carbons (Fsp3) is 0.800. The highest BCUT2D eigenvalue weighted by molar-refractivity contribution is 5.75. The zero-order chi connectivity index (χ0) is 11.5. The van der Waals surface area contributed by atoms with Crippen molar-refractivity contribution in [1.29, 1.82) is 0 Å². The Balaban J connectivity index is 3.16. The van der Waals surface area contributed by atoms with Gasteiger partial charge in [-0.15, -0.1) is 0 Å². The van der Waals surface area contributed by atoms with Crippen LogP contribution in [-0.2, 0) is 9.59 Å². The Hall–Kier alpha value is -1.10. The number of nitrogens with one attached hydrogen (secondary N) is 1. The molecule has 1 amide bonds. The molecule has 0 fully saturated rings. The SMILES string of the molecule is O=C(O)CCCCCNC(=O)CCCO. The van der Waals surface area contributed by atoms with Crippen LogP contribution in [-0.4, -0.2) is 35.2 Å². The van der Waals surface area contributed by atoms with Gasteiger partial charge in [-0.25, -0.2) is 0 Å². The molecule has 0 spiro atoms. The van der Waals surface area contributed by atoms with Crippen LogP contribution in [0.15, 0.2) is 0 Å². The van der Waals surface area contributed by atoms with E-state index < -0.39 is 5.97 Å². The number of hydrogen-bond donors (Lipinski definition) is 3. The maximum Gasteiger partial charge on any atom is 0.303 e. The van der Waals surface area contributed by atoms with Gasteiger partial charge in [0, 0.05) is 26.0 Å². The third-order valence-electron chi connectivity index (χ3n) is 1.95. The van der Waals surface area contributed by atoms with Crippen molar-refractivity contribution in [2.75, 3.05) is 13.2 Å². The standard InChI is InChI=1S/C10H19NO4/c12-8-4-5-9(13)11-7-3-1-2-6-10(14)15/h12H,1-8H2,(H,11,13)(H,14,15). The number of aliphatic hydroxyl groups excluding tert-OH is 1. The Morgan fingerprint density at radius 3 is 2.33 bits per heavy atom. The Kier molecular flexibility index (Phi) is 8.76. The van der Waals surface area contributed by atoms with Gasteiger partial charge in [0.1, 0.15) is 0 Å². The summed E-state index contributed by atoms with van der Waals surface area (Å²) in [6.45, 7) is 0.621. The molecule has 0 unspecified atom stereocenters. The molecule has 0 aliphatic rings. The summed E-state index contributed by atoms with van der Waals surface area (Å²) in [4.78, 5) is 21.2. The maximum absolute atomic E-state index is 11.0.